The van der Waals surface area contributed by atoms with Crippen molar-refractivity contribution in [3.63, 3.8) is 0 Å². The van der Waals surface area contributed by atoms with Gasteiger partial charge in [-0.25, -0.2) is 0 Å². The lowest BCUT2D eigenvalue weighted by molar-refractivity contribution is -0.146. The van der Waals surface area contributed by atoms with E-state index in [4.69, 9.17) is 10.5 Å². The van der Waals surface area contributed by atoms with E-state index in [1.54, 1.807) is 0 Å². The van der Waals surface area contributed by atoms with Crippen molar-refractivity contribution in [1.82, 2.24) is 0 Å². The summed E-state index contributed by atoms with van der Waals surface area (Å²) in [7, 11) is 0. The number of carbonyl (C=O) groups excluding carboxylic acids is 1. The molecule has 2 N–H and O–H groups in total. The van der Waals surface area contributed by atoms with E-state index in [9.17, 15) is 4.79 Å². The maximum Gasteiger partial charge on any atom is 0.323 e. The van der Waals surface area contributed by atoms with Crippen LogP contribution in [0, 0.1) is 0 Å². The van der Waals surface area contributed by atoms with Gasteiger partial charge in [-0.05, 0) is 30.4 Å². The fourth-order valence-electron chi connectivity index (χ4n) is 2.12. The summed E-state index contributed by atoms with van der Waals surface area (Å²) in [5.41, 5.74) is 8.11. The normalized spacial score (nSPS) is 11.9. The molecule has 0 radical (unpaired) electrons. The Morgan fingerprint density at radius 3 is 2.14 bits per heavy atom. The van der Waals surface area contributed by atoms with Crippen molar-refractivity contribution in [2.45, 2.75) is 31.9 Å². The third kappa shape index (κ3) is 5.40. The fraction of sp³-hybridized carbons (Fsp3) is 0.278. The molecule has 0 fully saturated rings. The molecule has 0 bridgehead atoms. The van der Waals surface area contributed by atoms with Gasteiger partial charge in [-0.15, -0.1) is 0 Å². The molecule has 21 heavy (non-hydrogen) atoms. The van der Waals surface area contributed by atoms with Gasteiger partial charge in [-0.2, -0.15) is 0 Å². The van der Waals surface area contributed by atoms with E-state index in [2.05, 4.69) is 12.1 Å². The maximum atomic E-state index is 11.8. The summed E-state index contributed by atoms with van der Waals surface area (Å²) in [6.45, 7) is 0.284. The van der Waals surface area contributed by atoms with Crippen LogP contribution in [-0.2, 0) is 22.6 Å². The number of ether oxygens (including phenoxy) is 1. The highest BCUT2D eigenvalue weighted by Crippen LogP contribution is 2.07. The Hall–Kier alpha value is -2.13. The molecule has 0 aliphatic heterocycles. The average molecular weight is 283 g/mol. The maximum absolute atomic E-state index is 11.8. The van der Waals surface area contributed by atoms with Crippen LogP contribution >= 0.6 is 0 Å². The molecule has 3 nitrogen and oxygen atoms in total. The molecule has 2 aromatic carbocycles. The van der Waals surface area contributed by atoms with Gasteiger partial charge in [0, 0.05) is 0 Å². The van der Waals surface area contributed by atoms with Crippen molar-refractivity contribution in [2.24, 2.45) is 5.73 Å². The number of carbonyl (C=O) groups is 1. The Kier molecular flexibility index (Phi) is 5.98. The number of aryl methyl sites for hydroxylation is 1. The molecule has 0 aromatic heterocycles. The van der Waals surface area contributed by atoms with Crippen LogP contribution < -0.4 is 5.73 Å². The highest BCUT2D eigenvalue weighted by atomic mass is 16.5. The topological polar surface area (TPSA) is 52.3 Å². The lowest BCUT2D eigenvalue weighted by Crippen LogP contribution is -2.32. The zero-order chi connectivity index (χ0) is 14.9. The Morgan fingerprint density at radius 1 is 0.952 bits per heavy atom. The van der Waals surface area contributed by atoms with E-state index < -0.39 is 6.04 Å². The summed E-state index contributed by atoms with van der Waals surface area (Å²) in [6, 6.07) is 19.3. The molecule has 0 aliphatic carbocycles. The number of hydrogen-bond donors (Lipinski definition) is 1. The molecule has 1 unspecified atom stereocenters. The first-order valence-corrected chi connectivity index (χ1v) is 7.26. The van der Waals surface area contributed by atoms with Crippen molar-refractivity contribution >= 4 is 5.97 Å². The Morgan fingerprint density at radius 2 is 1.52 bits per heavy atom. The Labute approximate surface area is 125 Å². The third-order valence-corrected chi connectivity index (χ3v) is 3.35. The summed E-state index contributed by atoms with van der Waals surface area (Å²) in [5, 5.41) is 0. The van der Waals surface area contributed by atoms with Crippen molar-refractivity contribution in [1.29, 1.82) is 0 Å². The Bertz CT molecular complexity index is 540. The van der Waals surface area contributed by atoms with Gasteiger partial charge in [0.05, 0.1) is 0 Å². The monoisotopic (exact) mass is 283 g/mol. The van der Waals surface area contributed by atoms with Crippen molar-refractivity contribution in [2.75, 3.05) is 0 Å². The van der Waals surface area contributed by atoms with E-state index in [1.165, 1.54) is 5.56 Å². The molecule has 0 amide bonds. The SMILES string of the molecule is NC(CCCc1ccccc1)C(=O)OCc1ccccc1. The van der Waals surface area contributed by atoms with Crippen LogP contribution in [0.15, 0.2) is 60.7 Å². The molecule has 0 saturated heterocycles. The molecule has 2 aromatic rings. The summed E-state index contributed by atoms with van der Waals surface area (Å²) in [6.07, 6.45) is 2.45. The predicted octanol–water partition coefficient (Wildman–Crippen LogP) is 3.08. The number of nitrogens with two attached hydrogens (primary N) is 1. The van der Waals surface area contributed by atoms with E-state index >= 15 is 0 Å². The molecule has 1 atom stereocenters. The second-order valence-electron chi connectivity index (χ2n) is 5.08. The van der Waals surface area contributed by atoms with Crippen LogP contribution in [0.2, 0.25) is 0 Å². The minimum Gasteiger partial charge on any atom is -0.460 e. The van der Waals surface area contributed by atoms with Gasteiger partial charge in [-0.1, -0.05) is 60.7 Å². The van der Waals surface area contributed by atoms with Gasteiger partial charge in [-0.3, -0.25) is 4.79 Å². The predicted molar refractivity (Wildman–Crippen MR) is 83.6 cm³/mol. The number of benzene rings is 2. The van der Waals surface area contributed by atoms with Gasteiger partial charge in [0.2, 0.25) is 0 Å². The van der Waals surface area contributed by atoms with Crippen LogP contribution in [0.25, 0.3) is 0 Å². The highest BCUT2D eigenvalue weighted by molar-refractivity contribution is 5.75. The minimum absolute atomic E-state index is 0.284. The first-order chi connectivity index (χ1) is 10.3. The number of esters is 1. The minimum atomic E-state index is -0.544. The second kappa shape index (κ2) is 8.22. The van der Waals surface area contributed by atoms with Crippen molar-refractivity contribution < 1.29 is 9.53 Å². The van der Waals surface area contributed by atoms with E-state index in [1.807, 2.05) is 48.5 Å². The molecule has 110 valence electrons. The molecule has 0 saturated carbocycles. The van der Waals surface area contributed by atoms with Gasteiger partial charge in [0.25, 0.3) is 0 Å². The van der Waals surface area contributed by atoms with Crippen LogP contribution in [0.3, 0.4) is 0 Å². The molecular weight excluding hydrogens is 262 g/mol. The van der Waals surface area contributed by atoms with Gasteiger partial charge in [0.1, 0.15) is 12.6 Å². The van der Waals surface area contributed by atoms with Gasteiger partial charge < -0.3 is 10.5 Å². The first-order valence-electron chi connectivity index (χ1n) is 7.26. The summed E-state index contributed by atoms with van der Waals surface area (Å²) in [4.78, 5) is 11.8. The van der Waals surface area contributed by atoms with E-state index in [0.29, 0.717) is 6.42 Å². The highest BCUT2D eigenvalue weighted by Gasteiger charge is 2.14. The smallest absolute Gasteiger partial charge is 0.323 e. The van der Waals surface area contributed by atoms with Crippen LogP contribution in [0.5, 0.6) is 0 Å². The molecular formula is C18H21NO2. The molecule has 3 heteroatoms. The largest absolute Gasteiger partial charge is 0.460 e. The average Bonchev–Trinajstić information content (AvgIpc) is 2.54. The number of rotatable bonds is 7. The molecule has 2 rings (SSSR count). The van der Waals surface area contributed by atoms with E-state index in [-0.39, 0.29) is 12.6 Å². The zero-order valence-corrected chi connectivity index (χ0v) is 12.1. The van der Waals surface area contributed by atoms with Crippen LogP contribution in [-0.4, -0.2) is 12.0 Å². The Balaban J connectivity index is 1.68. The fourth-order valence-corrected chi connectivity index (χ4v) is 2.12. The van der Waals surface area contributed by atoms with Gasteiger partial charge in [0.15, 0.2) is 0 Å². The second-order valence-corrected chi connectivity index (χ2v) is 5.08. The van der Waals surface area contributed by atoms with Crippen LogP contribution in [0.1, 0.15) is 24.0 Å². The number of hydrogen-bond acceptors (Lipinski definition) is 3. The summed E-state index contributed by atoms with van der Waals surface area (Å²) in [5.74, 6) is -0.327. The van der Waals surface area contributed by atoms with Crippen molar-refractivity contribution in [3.05, 3.63) is 71.8 Å². The summed E-state index contributed by atoms with van der Waals surface area (Å²) >= 11 is 0. The van der Waals surface area contributed by atoms with E-state index in [0.717, 1.165) is 18.4 Å². The lowest BCUT2D eigenvalue weighted by Gasteiger charge is -2.11. The zero-order valence-electron chi connectivity index (χ0n) is 12.1. The lowest BCUT2D eigenvalue weighted by atomic mass is 10.1. The summed E-state index contributed by atoms with van der Waals surface area (Å²) < 4.78 is 5.23. The quantitative estimate of drug-likeness (QED) is 0.794. The standard InChI is InChI=1S/C18H21NO2/c19-17(13-7-12-15-8-3-1-4-9-15)18(20)21-14-16-10-5-2-6-11-16/h1-6,8-11,17H,7,12-14,19H2. The molecule has 0 aliphatic rings. The van der Waals surface area contributed by atoms with Crippen molar-refractivity contribution in [3.8, 4) is 0 Å². The molecule has 0 heterocycles. The van der Waals surface area contributed by atoms with Crippen LogP contribution in [0.4, 0.5) is 0 Å². The van der Waals surface area contributed by atoms with Gasteiger partial charge >= 0.3 is 5.97 Å². The third-order valence-electron chi connectivity index (χ3n) is 3.35. The first kappa shape index (κ1) is 15.3. The molecule has 0 spiro atoms.